The number of anilines is 2. The quantitative estimate of drug-likeness (QED) is 0.689. The van der Waals surface area contributed by atoms with Crippen molar-refractivity contribution in [2.75, 3.05) is 23.7 Å². The minimum absolute atomic E-state index is 0.573. The van der Waals surface area contributed by atoms with Gasteiger partial charge in [-0.25, -0.2) is 0 Å². The number of rotatable bonds is 9. The van der Waals surface area contributed by atoms with Crippen molar-refractivity contribution in [3.63, 3.8) is 0 Å². The topological polar surface area (TPSA) is 62.7 Å². The Morgan fingerprint density at radius 1 is 1.14 bits per heavy atom. The Kier molecular flexibility index (Phi) is 6.90. The highest BCUT2D eigenvalue weighted by Crippen LogP contribution is 2.11. The van der Waals surface area contributed by atoms with E-state index in [1.54, 1.807) is 6.20 Å². The second-order valence-corrected chi connectivity index (χ2v) is 5.54. The third kappa shape index (κ3) is 5.85. The van der Waals surface area contributed by atoms with Gasteiger partial charge in [-0.1, -0.05) is 43.5 Å². The Hall–Kier alpha value is -1.88. The molecule has 0 aliphatic heterocycles. The van der Waals surface area contributed by atoms with Gasteiger partial charge in [-0.15, -0.1) is 5.10 Å². The molecule has 0 spiro atoms. The number of nitrogens with zero attached hydrogens (tertiary/aromatic N) is 3. The first-order chi connectivity index (χ1) is 10.8. The van der Waals surface area contributed by atoms with Gasteiger partial charge in [0.05, 0.1) is 6.20 Å². The van der Waals surface area contributed by atoms with Gasteiger partial charge in [0.25, 0.3) is 0 Å². The lowest BCUT2D eigenvalue weighted by atomic mass is 10.1. The van der Waals surface area contributed by atoms with Crippen LogP contribution in [0.5, 0.6) is 0 Å². The molecule has 118 valence electrons. The Morgan fingerprint density at radius 3 is 2.86 bits per heavy atom. The van der Waals surface area contributed by atoms with Crippen LogP contribution in [0.2, 0.25) is 5.02 Å². The third-order valence-corrected chi connectivity index (χ3v) is 3.47. The molecule has 22 heavy (non-hydrogen) atoms. The summed E-state index contributed by atoms with van der Waals surface area (Å²) in [7, 11) is 0. The van der Waals surface area contributed by atoms with Crippen molar-refractivity contribution in [1.29, 1.82) is 0 Å². The van der Waals surface area contributed by atoms with Gasteiger partial charge >= 0.3 is 0 Å². The minimum Gasteiger partial charge on any atom is -0.368 e. The summed E-state index contributed by atoms with van der Waals surface area (Å²) in [6, 6.07) is 7.88. The highest BCUT2D eigenvalue weighted by molar-refractivity contribution is 6.30. The van der Waals surface area contributed by atoms with Crippen molar-refractivity contribution < 1.29 is 0 Å². The lowest BCUT2D eigenvalue weighted by Gasteiger charge is -2.07. The second-order valence-electron chi connectivity index (χ2n) is 5.11. The standard InChI is InChI=1S/C16H22ClN5/c1-2-3-4-9-19-16-21-15(12-20-22-16)18-10-8-13-6-5-7-14(17)11-13/h5-7,11-12H,2-4,8-10H2,1H3,(H2,18,19,21,22). The number of benzene rings is 1. The van der Waals surface area contributed by atoms with Crippen molar-refractivity contribution in [2.45, 2.75) is 32.6 Å². The van der Waals surface area contributed by atoms with E-state index in [0.29, 0.717) is 5.95 Å². The van der Waals surface area contributed by atoms with Gasteiger partial charge in [0.15, 0.2) is 5.82 Å². The summed E-state index contributed by atoms with van der Waals surface area (Å²) in [5.74, 6) is 1.30. The number of hydrogen-bond acceptors (Lipinski definition) is 5. The first kappa shape index (κ1) is 16.5. The van der Waals surface area contributed by atoms with E-state index in [0.717, 1.165) is 36.8 Å². The van der Waals surface area contributed by atoms with E-state index in [4.69, 9.17) is 11.6 Å². The average Bonchev–Trinajstić information content (AvgIpc) is 2.52. The zero-order valence-electron chi connectivity index (χ0n) is 12.8. The summed E-state index contributed by atoms with van der Waals surface area (Å²) < 4.78 is 0. The van der Waals surface area contributed by atoms with Crippen LogP contribution in [0.3, 0.4) is 0 Å². The molecule has 1 aromatic heterocycles. The zero-order valence-corrected chi connectivity index (χ0v) is 13.6. The van der Waals surface area contributed by atoms with Crippen LogP contribution in [0, 0.1) is 0 Å². The van der Waals surface area contributed by atoms with Gasteiger partial charge in [0, 0.05) is 18.1 Å². The van der Waals surface area contributed by atoms with Crippen LogP contribution < -0.4 is 10.6 Å². The SMILES string of the molecule is CCCCCNc1nncc(NCCc2cccc(Cl)c2)n1. The number of hydrogen-bond donors (Lipinski definition) is 2. The molecule has 1 aromatic carbocycles. The molecule has 0 fully saturated rings. The van der Waals surface area contributed by atoms with E-state index in [-0.39, 0.29) is 0 Å². The van der Waals surface area contributed by atoms with Crippen molar-refractivity contribution in [3.8, 4) is 0 Å². The average molecular weight is 320 g/mol. The largest absolute Gasteiger partial charge is 0.368 e. The van der Waals surface area contributed by atoms with Gasteiger partial charge in [-0.2, -0.15) is 10.1 Å². The summed E-state index contributed by atoms with van der Waals surface area (Å²) in [5.41, 5.74) is 1.19. The Morgan fingerprint density at radius 2 is 2.05 bits per heavy atom. The molecule has 0 radical (unpaired) electrons. The predicted molar refractivity (Wildman–Crippen MR) is 91.5 cm³/mol. The maximum atomic E-state index is 5.97. The van der Waals surface area contributed by atoms with Gasteiger partial charge in [0.2, 0.25) is 5.95 Å². The van der Waals surface area contributed by atoms with E-state index in [1.165, 1.54) is 18.4 Å². The van der Waals surface area contributed by atoms with Crippen LogP contribution in [0.4, 0.5) is 11.8 Å². The molecule has 0 bridgehead atoms. The van der Waals surface area contributed by atoms with Gasteiger partial charge in [-0.3, -0.25) is 0 Å². The fourth-order valence-electron chi connectivity index (χ4n) is 2.07. The molecular formula is C16H22ClN5. The lowest BCUT2D eigenvalue weighted by Crippen LogP contribution is -2.10. The van der Waals surface area contributed by atoms with Gasteiger partial charge in [0.1, 0.15) is 0 Å². The zero-order chi connectivity index (χ0) is 15.6. The lowest BCUT2D eigenvalue weighted by molar-refractivity contribution is 0.738. The molecule has 5 nitrogen and oxygen atoms in total. The Balaban J connectivity index is 1.77. The number of nitrogens with one attached hydrogen (secondary N) is 2. The van der Waals surface area contributed by atoms with Gasteiger partial charge in [-0.05, 0) is 30.5 Å². The van der Waals surface area contributed by atoms with Crippen molar-refractivity contribution in [3.05, 3.63) is 41.0 Å². The van der Waals surface area contributed by atoms with Gasteiger partial charge < -0.3 is 10.6 Å². The summed E-state index contributed by atoms with van der Waals surface area (Å²) >= 11 is 5.97. The molecule has 2 aromatic rings. The molecule has 0 amide bonds. The van der Waals surface area contributed by atoms with E-state index < -0.39 is 0 Å². The third-order valence-electron chi connectivity index (χ3n) is 3.23. The Bertz CT molecular complexity index is 576. The smallest absolute Gasteiger partial charge is 0.244 e. The molecule has 2 rings (SSSR count). The van der Waals surface area contributed by atoms with Crippen LogP contribution in [-0.4, -0.2) is 28.3 Å². The molecule has 0 aliphatic carbocycles. The molecule has 2 N–H and O–H groups in total. The predicted octanol–water partition coefficient (Wildman–Crippen LogP) is 3.78. The van der Waals surface area contributed by atoms with Crippen LogP contribution >= 0.6 is 11.6 Å². The molecule has 0 saturated heterocycles. The molecule has 6 heteroatoms. The number of unbranched alkanes of at least 4 members (excludes halogenated alkanes) is 2. The van der Waals surface area contributed by atoms with Crippen LogP contribution in [0.1, 0.15) is 31.7 Å². The highest BCUT2D eigenvalue weighted by atomic mass is 35.5. The van der Waals surface area contributed by atoms with Crippen molar-refractivity contribution >= 4 is 23.4 Å². The summed E-state index contributed by atoms with van der Waals surface area (Å²) in [6.45, 7) is 3.83. The summed E-state index contributed by atoms with van der Waals surface area (Å²) in [6.07, 6.45) is 6.04. The molecule has 0 saturated carbocycles. The van der Waals surface area contributed by atoms with E-state index in [1.807, 2.05) is 18.2 Å². The molecule has 0 aliphatic rings. The van der Waals surface area contributed by atoms with E-state index in [2.05, 4.69) is 38.8 Å². The van der Waals surface area contributed by atoms with Crippen molar-refractivity contribution in [1.82, 2.24) is 15.2 Å². The molecule has 0 atom stereocenters. The van der Waals surface area contributed by atoms with E-state index >= 15 is 0 Å². The maximum absolute atomic E-state index is 5.97. The normalized spacial score (nSPS) is 10.5. The molecular weight excluding hydrogens is 298 g/mol. The second kappa shape index (κ2) is 9.20. The van der Waals surface area contributed by atoms with Crippen LogP contribution in [0.15, 0.2) is 30.5 Å². The molecule has 0 unspecified atom stereocenters. The van der Waals surface area contributed by atoms with Crippen LogP contribution in [0.25, 0.3) is 0 Å². The fraction of sp³-hybridized carbons (Fsp3) is 0.438. The van der Waals surface area contributed by atoms with Crippen LogP contribution in [-0.2, 0) is 6.42 Å². The Labute approximate surface area is 136 Å². The number of halogens is 1. The first-order valence-corrected chi connectivity index (χ1v) is 8.07. The van der Waals surface area contributed by atoms with E-state index in [9.17, 15) is 0 Å². The highest BCUT2D eigenvalue weighted by Gasteiger charge is 2.00. The molecule has 1 heterocycles. The minimum atomic E-state index is 0.573. The summed E-state index contributed by atoms with van der Waals surface area (Å²) in [4.78, 5) is 4.40. The number of aromatic nitrogens is 3. The summed E-state index contributed by atoms with van der Waals surface area (Å²) in [5, 5.41) is 15.2. The maximum Gasteiger partial charge on any atom is 0.244 e. The van der Waals surface area contributed by atoms with Crippen molar-refractivity contribution in [2.24, 2.45) is 0 Å². The first-order valence-electron chi connectivity index (χ1n) is 7.70. The fourth-order valence-corrected chi connectivity index (χ4v) is 2.28. The monoisotopic (exact) mass is 319 g/mol.